The van der Waals surface area contributed by atoms with Gasteiger partial charge in [0, 0.05) is 11.9 Å². The molecule has 110 valence electrons. The van der Waals surface area contributed by atoms with Gasteiger partial charge >= 0.3 is 5.97 Å². The number of carboxylic acids is 1. The van der Waals surface area contributed by atoms with Gasteiger partial charge in [0.2, 0.25) is 5.91 Å². The molecular formula is C14H15N3O4. The Balaban J connectivity index is 2.11. The number of nitrogens with one attached hydrogen (secondary N) is 1. The zero-order valence-electron chi connectivity index (χ0n) is 11.6. The van der Waals surface area contributed by atoms with Gasteiger partial charge in [0.15, 0.2) is 0 Å². The second kappa shape index (κ2) is 6.08. The van der Waals surface area contributed by atoms with E-state index in [9.17, 15) is 9.59 Å². The van der Waals surface area contributed by atoms with E-state index in [2.05, 4.69) is 10.4 Å². The molecule has 0 spiro atoms. The Kier molecular flexibility index (Phi) is 4.22. The van der Waals surface area contributed by atoms with E-state index in [1.165, 1.54) is 16.9 Å². The van der Waals surface area contributed by atoms with Gasteiger partial charge in [0.1, 0.15) is 17.5 Å². The zero-order chi connectivity index (χ0) is 15.4. The van der Waals surface area contributed by atoms with Crippen molar-refractivity contribution in [3.05, 3.63) is 42.2 Å². The third kappa shape index (κ3) is 3.19. The van der Waals surface area contributed by atoms with Crippen LogP contribution in [0.15, 0.2) is 36.5 Å². The smallest absolute Gasteiger partial charge is 0.354 e. The maximum Gasteiger partial charge on any atom is 0.354 e. The molecule has 2 N–H and O–H groups in total. The van der Waals surface area contributed by atoms with Crippen LogP contribution in [-0.4, -0.2) is 33.9 Å². The Hall–Kier alpha value is -2.83. The number of carboxylic acid groups (broad SMARTS) is 1. The molecule has 0 radical (unpaired) electrons. The molecule has 2 rings (SSSR count). The molecular weight excluding hydrogens is 274 g/mol. The molecule has 0 fully saturated rings. The van der Waals surface area contributed by atoms with Crippen LogP contribution in [0.25, 0.3) is 0 Å². The number of aromatic carboxylic acids is 1. The van der Waals surface area contributed by atoms with Crippen molar-refractivity contribution in [2.24, 2.45) is 0 Å². The summed E-state index contributed by atoms with van der Waals surface area (Å²) in [6.07, 6.45) is 1.35. The normalized spacial score (nSPS) is 11.7. The highest BCUT2D eigenvalue weighted by atomic mass is 16.5. The molecule has 0 aliphatic heterocycles. The predicted molar refractivity (Wildman–Crippen MR) is 75.5 cm³/mol. The number of rotatable bonds is 5. The second-order valence-corrected chi connectivity index (χ2v) is 4.36. The Bertz CT molecular complexity index is 648. The van der Waals surface area contributed by atoms with Crippen LogP contribution in [0.1, 0.15) is 23.5 Å². The third-order valence-corrected chi connectivity index (χ3v) is 2.99. The van der Waals surface area contributed by atoms with Crippen molar-refractivity contribution in [3.63, 3.8) is 0 Å². The van der Waals surface area contributed by atoms with Gasteiger partial charge in [-0.3, -0.25) is 4.79 Å². The Morgan fingerprint density at radius 1 is 1.29 bits per heavy atom. The maximum absolute atomic E-state index is 12.1. The van der Waals surface area contributed by atoms with Crippen LogP contribution in [0, 0.1) is 0 Å². The number of carbonyl (C=O) groups excluding carboxylic acids is 1. The van der Waals surface area contributed by atoms with Crippen molar-refractivity contribution in [1.82, 2.24) is 9.78 Å². The van der Waals surface area contributed by atoms with Crippen molar-refractivity contribution in [3.8, 4) is 5.75 Å². The summed E-state index contributed by atoms with van der Waals surface area (Å²) < 4.78 is 6.20. The van der Waals surface area contributed by atoms with Crippen molar-refractivity contribution in [2.45, 2.75) is 13.0 Å². The molecule has 1 unspecified atom stereocenters. The summed E-state index contributed by atoms with van der Waals surface area (Å²) in [5.41, 5.74) is 0.559. The molecule has 1 heterocycles. The molecule has 21 heavy (non-hydrogen) atoms. The second-order valence-electron chi connectivity index (χ2n) is 4.36. The largest absolute Gasteiger partial charge is 0.497 e. The van der Waals surface area contributed by atoms with Crippen molar-refractivity contribution in [2.75, 3.05) is 12.4 Å². The van der Waals surface area contributed by atoms with Gasteiger partial charge in [-0.1, -0.05) is 0 Å². The lowest BCUT2D eigenvalue weighted by Crippen LogP contribution is -2.26. The minimum atomic E-state index is -1.13. The van der Waals surface area contributed by atoms with Gasteiger partial charge in [-0.15, -0.1) is 0 Å². The number of benzene rings is 1. The minimum absolute atomic E-state index is 0.0348. The molecule has 0 saturated heterocycles. The van der Waals surface area contributed by atoms with Gasteiger partial charge in [-0.25, -0.2) is 9.48 Å². The molecule has 0 aliphatic rings. The molecule has 2 aromatic rings. The molecule has 7 nitrogen and oxygen atoms in total. The number of hydrogen-bond acceptors (Lipinski definition) is 4. The Morgan fingerprint density at radius 2 is 1.95 bits per heavy atom. The number of nitrogens with zero attached hydrogens (tertiary/aromatic N) is 2. The molecule has 0 saturated carbocycles. The number of ether oxygens (including phenoxy) is 1. The fraction of sp³-hybridized carbons (Fsp3) is 0.214. The van der Waals surface area contributed by atoms with Gasteiger partial charge in [-0.2, -0.15) is 5.10 Å². The van der Waals surface area contributed by atoms with Crippen molar-refractivity contribution in [1.29, 1.82) is 0 Å². The number of aromatic nitrogens is 2. The van der Waals surface area contributed by atoms with Crippen LogP contribution in [-0.2, 0) is 4.79 Å². The molecule has 1 aromatic carbocycles. The monoisotopic (exact) mass is 289 g/mol. The summed E-state index contributed by atoms with van der Waals surface area (Å²) in [4.78, 5) is 23.2. The van der Waals surface area contributed by atoms with Gasteiger partial charge < -0.3 is 15.2 Å². The standard InChI is InChI=1S/C14H15N3O4/c1-9(17-12(14(19)20)7-8-15-17)13(18)16-10-3-5-11(21-2)6-4-10/h3-9H,1-2H3,(H,16,18)(H,19,20). The van der Waals surface area contributed by atoms with Crippen LogP contribution in [0.2, 0.25) is 0 Å². The number of hydrogen-bond donors (Lipinski definition) is 2. The third-order valence-electron chi connectivity index (χ3n) is 2.99. The van der Waals surface area contributed by atoms with Gasteiger partial charge in [0.05, 0.1) is 7.11 Å². The summed E-state index contributed by atoms with van der Waals surface area (Å²) in [5, 5.41) is 15.6. The van der Waals surface area contributed by atoms with E-state index in [4.69, 9.17) is 9.84 Å². The van der Waals surface area contributed by atoms with Crippen LogP contribution in [0.5, 0.6) is 5.75 Å². The van der Waals surface area contributed by atoms with E-state index in [0.29, 0.717) is 11.4 Å². The number of methoxy groups -OCH3 is 1. The SMILES string of the molecule is COc1ccc(NC(=O)C(C)n2nccc2C(=O)O)cc1. The van der Waals surface area contributed by atoms with E-state index in [0.717, 1.165) is 0 Å². The first-order valence-corrected chi connectivity index (χ1v) is 6.24. The van der Waals surface area contributed by atoms with Crippen molar-refractivity contribution >= 4 is 17.6 Å². The van der Waals surface area contributed by atoms with E-state index >= 15 is 0 Å². The van der Waals surface area contributed by atoms with E-state index in [1.807, 2.05) is 0 Å². The lowest BCUT2D eigenvalue weighted by molar-refractivity contribution is -0.119. The first-order valence-electron chi connectivity index (χ1n) is 6.24. The lowest BCUT2D eigenvalue weighted by atomic mass is 10.2. The molecule has 1 amide bonds. The fourth-order valence-electron chi connectivity index (χ4n) is 1.82. The van der Waals surface area contributed by atoms with E-state index in [-0.39, 0.29) is 11.6 Å². The predicted octanol–water partition coefficient (Wildman–Crippen LogP) is 1.79. The molecule has 0 bridgehead atoms. The Morgan fingerprint density at radius 3 is 2.52 bits per heavy atom. The maximum atomic E-state index is 12.1. The highest BCUT2D eigenvalue weighted by Crippen LogP contribution is 2.17. The highest BCUT2D eigenvalue weighted by Gasteiger charge is 2.21. The fourth-order valence-corrected chi connectivity index (χ4v) is 1.82. The van der Waals surface area contributed by atoms with Crippen LogP contribution in [0.3, 0.4) is 0 Å². The first-order chi connectivity index (χ1) is 10.0. The van der Waals surface area contributed by atoms with Crippen molar-refractivity contribution < 1.29 is 19.4 Å². The zero-order valence-corrected chi connectivity index (χ0v) is 11.6. The topological polar surface area (TPSA) is 93.5 Å². The van der Waals surface area contributed by atoms with Gasteiger partial charge in [0.25, 0.3) is 0 Å². The summed E-state index contributed by atoms with van der Waals surface area (Å²) in [6, 6.07) is 7.44. The first kappa shape index (κ1) is 14.6. The summed E-state index contributed by atoms with van der Waals surface area (Å²) in [6.45, 7) is 1.58. The highest BCUT2D eigenvalue weighted by molar-refractivity contribution is 5.94. The quantitative estimate of drug-likeness (QED) is 0.875. The summed E-state index contributed by atoms with van der Waals surface area (Å²) in [7, 11) is 1.56. The molecule has 1 atom stereocenters. The van der Waals surface area contributed by atoms with E-state index in [1.54, 1.807) is 38.3 Å². The van der Waals surface area contributed by atoms with Crippen LogP contribution in [0.4, 0.5) is 5.69 Å². The molecule has 0 aliphatic carbocycles. The number of carbonyl (C=O) groups is 2. The lowest BCUT2D eigenvalue weighted by Gasteiger charge is -2.14. The van der Waals surface area contributed by atoms with Crippen LogP contribution >= 0.6 is 0 Å². The average Bonchev–Trinajstić information content (AvgIpc) is 2.96. The minimum Gasteiger partial charge on any atom is -0.497 e. The molecule has 7 heteroatoms. The number of anilines is 1. The van der Waals surface area contributed by atoms with Crippen LogP contribution < -0.4 is 10.1 Å². The summed E-state index contributed by atoms with van der Waals surface area (Å²) in [5.74, 6) is -0.802. The van der Waals surface area contributed by atoms with Gasteiger partial charge in [-0.05, 0) is 37.3 Å². The Labute approximate surface area is 121 Å². The summed E-state index contributed by atoms with van der Waals surface area (Å²) >= 11 is 0. The molecule has 1 aromatic heterocycles. The average molecular weight is 289 g/mol. The number of amides is 1. The van der Waals surface area contributed by atoms with E-state index < -0.39 is 12.0 Å².